The number of imide groups is 1. The minimum absolute atomic E-state index is 0.0131. The summed E-state index contributed by atoms with van der Waals surface area (Å²) in [5, 5.41) is 12.7. The minimum Gasteiger partial charge on any atom is -0.272 e. The van der Waals surface area contributed by atoms with Gasteiger partial charge in [-0.3, -0.25) is 24.5 Å². The number of nitro benzene ring substituents is 1. The first-order valence-corrected chi connectivity index (χ1v) is 12.0. The molecule has 2 aromatic rings. The number of nitrogens with zero attached hydrogens (tertiary/aromatic N) is 3. The van der Waals surface area contributed by atoms with Gasteiger partial charge in [-0.05, 0) is 31.0 Å². The van der Waals surface area contributed by atoms with E-state index in [1.54, 1.807) is 6.07 Å². The van der Waals surface area contributed by atoms with Crippen molar-refractivity contribution in [2.45, 2.75) is 29.0 Å². The Morgan fingerprint density at radius 1 is 1.03 bits per heavy atom. The molecule has 1 saturated carbocycles. The molecule has 2 aromatic carbocycles. The molecule has 172 valence electrons. The van der Waals surface area contributed by atoms with E-state index in [1.165, 1.54) is 30.3 Å². The second-order valence-corrected chi connectivity index (χ2v) is 10.3. The topological polar surface area (TPSA) is 101 Å². The molecule has 2 fully saturated rings. The number of rotatable bonds is 5. The Morgan fingerprint density at radius 3 is 2.09 bits per heavy atom. The molecular formula is C22H18Br2FN3O5. The van der Waals surface area contributed by atoms with E-state index in [0.717, 1.165) is 22.2 Å². The van der Waals surface area contributed by atoms with Crippen LogP contribution in [0.4, 0.5) is 10.1 Å². The number of alkyl halides is 2. The fourth-order valence-electron chi connectivity index (χ4n) is 4.21. The first-order valence-electron chi connectivity index (χ1n) is 10.1. The lowest BCUT2D eigenvalue weighted by atomic mass is 9.81. The van der Waals surface area contributed by atoms with Crippen molar-refractivity contribution >= 4 is 55.3 Å². The molecule has 3 amide bonds. The van der Waals surface area contributed by atoms with Gasteiger partial charge >= 0.3 is 0 Å². The molecular weight excluding hydrogens is 565 g/mol. The third-order valence-corrected chi connectivity index (χ3v) is 8.70. The predicted molar refractivity (Wildman–Crippen MR) is 123 cm³/mol. The highest BCUT2D eigenvalue weighted by Crippen LogP contribution is 2.44. The van der Waals surface area contributed by atoms with Crippen molar-refractivity contribution in [2.75, 3.05) is 0 Å². The van der Waals surface area contributed by atoms with Gasteiger partial charge in [-0.2, -0.15) is 5.01 Å². The van der Waals surface area contributed by atoms with Gasteiger partial charge in [0.2, 0.25) is 0 Å². The van der Waals surface area contributed by atoms with Crippen molar-refractivity contribution in [3.63, 3.8) is 0 Å². The van der Waals surface area contributed by atoms with E-state index in [4.69, 9.17) is 0 Å². The monoisotopic (exact) mass is 581 g/mol. The number of hydrogen-bond acceptors (Lipinski definition) is 5. The molecule has 11 heteroatoms. The molecule has 0 unspecified atom stereocenters. The molecule has 0 aromatic heterocycles. The standard InChI is InChI=1S/C22H18Br2FN3O5/c23-17-9-15-16(10-18(17)24)22(31)27(21(15)30)26(11-13-3-1-2-4-19(13)25)20(29)12-5-7-14(8-6-12)28(32)33/h1-8,15-18H,9-11H2/t15-,16+,17-,18-/m0/s1. The van der Waals surface area contributed by atoms with Crippen LogP contribution in [0.25, 0.3) is 0 Å². The lowest BCUT2D eigenvalue weighted by Gasteiger charge is -2.30. The third-order valence-electron chi connectivity index (χ3n) is 5.97. The molecule has 0 spiro atoms. The van der Waals surface area contributed by atoms with Crippen molar-refractivity contribution in [1.29, 1.82) is 0 Å². The normalized spacial score (nSPS) is 24.5. The zero-order chi connectivity index (χ0) is 23.9. The molecule has 0 radical (unpaired) electrons. The van der Waals surface area contributed by atoms with E-state index >= 15 is 0 Å². The number of fused-ring (bicyclic) bond motifs is 1. The summed E-state index contributed by atoms with van der Waals surface area (Å²) in [6.45, 7) is -0.352. The second-order valence-electron chi connectivity index (χ2n) is 7.96. The fraction of sp³-hybridized carbons (Fsp3) is 0.318. The van der Waals surface area contributed by atoms with Crippen LogP contribution < -0.4 is 0 Å². The second kappa shape index (κ2) is 9.30. The van der Waals surface area contributed by atoms with Gasteiger partial charge in [-0.25, -0.2) is 9.40 Å². The summed E-state index contributed by atoms with van der Waals surface area (Å²) in [6.07, 6.45) is 0.835. The van der Waals surface area contributed by atoms with E-state index in [0.29, 0.717) is 12.8 Å². The maximum absolute atomic E-state index is 14.4. The quantitative estimate of drug-likeness (QED) is 0.227. The Hall–Kier alpha value is -2.66. The Morgan fingerprint density at radius 2 is 1.58 bits per heavy atom. The van der Waals surface area contributed by atoms with E-state index < -0.39 is 40.3 Å². The van der Waals surface area contributed by atoms with Crippen LogP contribution in [0.5, 0.6) is 0 Å². The van der Waals surface area contributed by atoms with Crippen LogP contribution in [0.2, 0.25) is 0 Å². The highest BCUT2D eigenvalue weighted by molar-refractivity contribution is 9.12. The molecule has 1 saturated heterocycles. The number of nitro groups is 1. The molecule has 4 atom stereocenters. The first kappa shape index (κ1) is 23.5. The molecule has 4 rings (SSSR count). The van der Waals surface area contributed by atoms with Gasteiger partial charge in [0.05, 0.1) is 23.3 Å². The molecule has 33 heavy (non-hydrogen) atoms. The average molecular weight is 583 g/mol. The molecule has 1 aliphatic heterocycles. The predicted octanol–water partition coefficient (Wildman–Crippen LogP) is 4.21. The Bertz CT molecular complexity index is 1100. The van der Waals surface area contributed by atoms with Gasteiger partial charge in [0.1, 0.15) is 5.82 Å². The number of carbonyl (C=O) groups is 3. The van der Waals surface area contributed by atoms with Gasteiger partial charge in [-0.1, -0.05) is 50.1 Å². The smallest absolute Gasteiger partial charge is 0.272 e. The van der Waals surface area contributed by atoms with E-state index in [9.17, 15) is 28.9 Å². The van der Waals surface area contributed by atoms with E-state index in [2.05, 4.69) is 31.9 Å². The summed E-state index contributed by atoms with van der Waals surface area (Å²) in [5.41, 5.74) is -0.0533. The van der Waals surface area contributed by atoms with Crippen molar-refractivity contribution in [3.8, 4) is 0 Å². The number of non-ortho nitro benzene ring substituents is 1. The first-order chi connectivity index (χ1) is 15.7. The zero-order valence-corrected chi connectivity index (χ0v) is 20.2. The van der Waals surface area contributed by atoms with Crippen LogP contribution in [0.1, 0.15) is 28.8 Å². The van der Waals surface area contributed by atoms with Gasteiger partial charge in [0, 0.05) is 32.9 Å². The van der Waals surface area contributed by atoms with Crippen molar-refractivity contribution in [1.82, 2.24) is 10.0 Å². The van der Waals surface area contributed by atoms with Gasteiger partial charge < -0.3 is 0 Å². The van der Waals surface area contributed by atoms with Crippen LogP contribution in [0, 0.1) is 27.8 Å². The SMILES string of the molecule is O=C(c1ccc([N+](=O)[O-])cc1)N(Cc1ccccc1F)N1C(=O)[C@H]2C[C@H](Br)[C@@H](Br)C[C@H]2C1=O. The molecule has 0 N–H and O–H groups in total. The van der Waals surface area contributed by atoms with Gasteiger partial charge in [-0.15, -0.1) is 0 Å². The van der Waals surface area contributed by atoms with Crippen LogP contribution >= 0.6 is 31.9 Å². The zero-order valence-electron chi connectivity index (χ0n) is 17.1. The maximum Gasteiger partial charge on any atom is 0.273 e. The Kier molecular flexibility index (Phi) is 6.62. The largest absolute Gasteiger partial charge is 0.273 e. The maximum atomic E-state index is 14.4. The number of amides is 3. The van der Waals surface area contributed by atoms with Crippen molar-refractivity contribution < 1.29 is 23.7 Å². The van der Waals surface area contributed by atoms with Gasteiger partial charge in [0.15, 0.2) is 0 Å². The summed E-state index contributed by atoms with van der Waals surface area (Å²) in [5.74, 6) is -3.54. The minimum atomic E-state index is -0.737. The summed E-state index contributed by atoms with van der Waals surface area (Å²) < 4.78 is 14.4. The molecule has 2 aliphatic rings. The Balaban J connectivity index is 1.72. The highest BCUT2D eigenvalue weighted by atomic mass is 79.9. The molecule has 1 aliphatic carbocycles. The number of hydrazine groups is 1. The lowest BCUT2D eigenvalue weighted by molar-refractivity contribution is -0.384. The number of hydrogen-bond donors (Lipinski definition) is 0. The van der Waals surface area contributed by atoms with E-state index in [1.807, 2.05) is 0 Å². The van der Waals surface area contributed by atoms with Gasteiger partial charge in [0.25, 0.3) is 23.4 Å². The van der Waals surface area contributed by atoms with E-state index in [-0.39, 0.29) is 33.0 Å². The highest BCUT2D eigenvalue weighted by Gasteiger charge is 2.54. The van der Waals surface area contributed by atoms with Crippen molar-refractivity contribution in [3.05, 3.63) is 75.6 Å². The van der Waals surface area contributed by atoms with Crippen LogP contribution in [0.3, 0.4) is 0 Å². The molecule has 0 bridgehead atoms. The summed E-state index contributed by atoms with van der Waals surface area (Å²) in [7, 11) is 0. The third kappa shape index (κ3) is 4.43. The number of benzene rings is 2. The number of carbonyl (C=O) groups excluding carboxylic acids is 3. The van der Waals surface area contributed by atoms with Crippen LogP contribution in [0.15, 0.2) is 48.5 Å². The summed E-state index contributed by atoms with van der Waals surface area (Å²) in [4.78, 5) is 50.3. The lowest BCUT2D eigenvalue weighted by Crippen LogP contribution is -2.50. The fourth-order valence-corrected chi connectivity index (χ4v) is 5.45. The van der Waals surface area contributed by atoms with Crippen LogP contribution in [-0.2, 0) is 16.1 Å². The molecule has 1 heterocycles. The Labute approximate surface area is 205 Å². The van der Waals surface area contributed by atoms with Crippen LogP contribution in [-0.4, -0.2) is 42.3 Å². The van der Waals surface area contributed by atoms with Crippen molar-refractivity contribution in [2.24, 2.45) is 11.8 Å². The molecule has 8 nitrogen and oxygen atoms in total. The summed E-state index contributed by atoms with van der Waals surface area (Å²) in [6, 6.07) is 10.6. The number of halogens is 3. The summed E-state index contributed by atoms with van der Waals surface area (Å²) >= 11 is 7.06. The average Bonchev–Trinajstić information content (AvgIpc) is 3.02.